The van der Waals surface area contributed by atoms with E-state index >= 15 is 8.78 Å². The fraction of sp³-hybridized carbons (Fsp3) is 0.630. The number of hydrogen-bond acceptors (Lipinski definition) is 10. The van der Waals surface area contributed by atoms with Gasteiger partial charge in [0.25, 0.3) is 0 Å². The number of aliphatic hydroxyl groups excluding tert-OH is 1. The first-order valence-electron chi connectivity index (χ1n) is 21.6. The first-order valence-corrected chi connectivity index (χ1v) is 21.6. The Bertz CT molecular complexity index is 2220. The summed E-state index contributed by atoms with van der Waals surface area (Å²) in [5.74, 6) is -2.99. The molecule has 5 aliphatic carbocycles. The highest BCUT2D eigenvalue weighted by Crippen LogP contribution is 2.70. The van der Waals surface area contributed by atoms with Gasteiger partial charge in [0.05, 0.1) is 30.7 Å². The van der Waals surface area contributed by atoms with Crippen molar-refractivity contribution in [1.82, 2.24) is 9.88 Å². The second-order valence-electron chi connectivity index (χ2n) is 19.0. The summed E-state index contributed by atoms with van der Waals surface area (Å²) in [5, 5.41) is 27.6. The highest BCUT2D eigenvalue weighted by atomic mass is 19.1. The number of Topliss-reactive ketones (excluding diaryl/α,β-unsaturated/α-hetero) is 1. The van der Waals surface area contributed by atoms with E-state index in [9.17, 15) is 29.4 Å². The van der Waals surface area contributed by atoms with Crippen LogP contribution in [0.3, 0.4) is 0 Å². The van der Waals surface area contributed by atoms with Crippen LogP contribution in [0.5, 0.6) is 5.75 Å². The molecular weight excluding hydrogens is 761 g/mol. The molecule has 317 valence electrons. The molecule has 4 saturated carbocycles. The molecule has 13 heteroatoms. The number of pyridine rings is 1. The summed E-state index contributed by atoms with van der Waals surface area (Å²) in [6, 6.07) is 1.50. The van der Waals surface area contributed by atoms with Crippen molar-refractivity contribution in [1.29, 1.82) is 0 Å². The average Bonchev–Trinajstić information content (AvgIpc) is 3.93. The van der Waals surface area contributed by atoms with Gasteiger partial charge < -0.3 is 34.5 Å². The topological polar surface area (TPSA) is 147 Å². The first-order chi connectivity index (χ1) is 28.1. The monoisotopic (exact) mass is 816 g/mol. The van der Waals surface area contributed by atoms with Crippen molar-refractivity contribution in [3.63, 3.8) is 0 Å². The molecule has 6 fully saturated rings. The minimum absolute atomic E-state index is 0.0161. The molecule has 3 heterocycles. The normalized spacial score (nSPS) is 37.4. The molecule has 0 amide bonds. The van der Waals surface area contributed by atoms with Gasteiger partial charge in [0.15, 0.2) is 28.8 Å². The number of nitrogens with zero attached hydrogens (tertiary/aromatic N) is 2. The molecule has 2 aliphatic heterocycles. The minimum atomic E-state index is -2.07. The summed E-state index contributed by atoms with van der Waals surface area (Å²) in [6.07, 6.45) is 11.2. The molecule has 1 aromatic heterocycles. The molecule has 59 heavy (non-hydrogen) atoms. The van der Waals surface area contributed by atoms with Gasteiger partial charge in [-0.3, -0.25) is 14.4 Å². The zero-order valence-corrected chi connectivity index (χ0v) is 34.4. The van der Waals surface area contributed by atoms with Crippen LogP contribution in [-0.4, -0.2) is 89.1 Å². The molecule has 2 saturated heterocycles. The van der Waals surface area contributed by atoms with Crippen LogP contribution in [-0.2, 0) is 14.3 Å². The third-order valence-electron chi connectivity index (χ3n) is 16.0. The van der Waals surface area contributed by atoms with Crippen LogP contribution in [0.1, 0.15) is 101 Å². The van der Waals surface area contributed by atoms with E-state index in [1.165, 1.54) is 37.9 Å². The first kappa shape index (κ1) is 40.5. The lowest BCUT2D eigenvalue weighted by atomic mass is 9.44. The number of ketones is 2. The fourth-order valence-electron chi connectivity index (χ4n) is 12.7. The number of alkyl halides is 1. The molecule has 11 nitrogen and oxygen atoms in total. The number of ether oxygens (including phenoxy) is 2. The predicted octanol–water partition coefficient (Wildman–Crippen LogP) is 5.73. The number of esters is 1. The third kappa shape index (κ3) is 5.86. The second kappa shape index (κ2) is 14.3. The van der Waals surface area contributed by atoms with Gasteiger partial charge in [-0.05, 0) is 114 Å². The van der Waals surface area contributed by atoms with Crippen molar-refractivity contribution >= 4 is 34.1 Å². The van der Waals surface area contributed by atoms with E-state index in [0.717, 1.165) is 32.2 Å². The highest BCUT2D eigenvalue weighted by Gasteiger charge is 2.75. The lowest BCUT2D eigenvalue weighted by molar-refractivity contribution is -0.217. The van der Waals surface area contributed by atoms with E-state index < -0.39 is 63.0 Å². The summed E-state index contributed by atoms with van der Waals surface area (Å²) >= 11 is 0. The number of carbonyl (C=O) groups excluding carboxylic acids is 3. The van der Waals surface area contributed by atoms with Crippen LogP contribution >= 0.6 is 0 Å². The van der Waals surface area contributed by atoms with E-state index in [0.29, 0.717) is 55.0 Å². The Kier molecular flexibility index (Phi) is 9.83. The van der Waals surface area contributed by atoms with Gasteiger partial charge in [-0.2, -0.15) is 0 Å². The summed E-state index contributed by atoms with van der Waals surface area (Å²) < 4.78 is 46.9. The maximum absolute atomic E-state index is 17.5. The second-order valence-corrected chi connectivity index (χ2v) is 19.0. The number of hydrogen-bond donors (Lipinski definition) is 3. The lowest BCUT2D eigenvalue weighted by Gasteiger charge is -2.62. The van der Waals surface area contributed by atoms with Crippen LogP contribution in [0, 0.1) is 46.7 Å². The number of halogens is 2. The summed E-state index contributed by atoms with van der Waals surface area (Å²) in [5.41, 5.74) is -5.60. The van der Waals surface area contributed by atoms with E-state index in [2.05, 4.69) is 5.32 Å². The Labute approximate surface area is 343 Å². The van der Waals surface area contributed by atoms with Crippen molar-refractivity contribution in [3.8, 4) is 5.75 Å². The summed E-state index contributed by atoms with van der Waals surface area (Å²) in [7, 11) is 1.48. The maximum atomic E-state index is 17.5. The number of anilines is 1. The van der Waals surface area contributed by atoms with Crippen molar-refractivity contribution in [2.75, 3.05) is 38.3 Å². The average molecular weight is 817 g/mol. The molecule has 0 bridgehead atoms. The predicted molar refractivity (Wildman–Crippen MR) is 216 cm³/mol. The number of unbranched alkanes of at least 4 members (excludes halogenated alkanes) is 1. The smallest absolute Gasteiger partial charge is 0.343 e. The van der Waals surface area contributed by atoms with Crippen molar-refractivity contribution in [3.05, 3.63) is 64.1 Å². The van der Waals surface area contributed by atoms with Gasteiger partial charge in [0.1, 0.15) is 16.9 Å². The zero-order valence-electron chi connectivity index (χ0n) is 34.4. The zero-order chi connectivity index (χ0) is 41.8. The molecule has 1 radical (unpaired) electrons. The van der Waals surface area contributed by atoms with Crippen LogP contribution in [0.4, 0.5) is 14.5 Å². The Hall–Kier alpha value is -3.94. The number of fused-ring (bicyclic) bond motifs is 7. The lowest BCUT2D eigenvalue weighted by Crippen LogP contribution is -2.69. The minimum Gasteiger partial charge on any atom is -0.492 e. The standard InChI is InChI=1S/C46H56F2N3O8/c1-25-18-33-32-13-10-27-19-29(52)14-15-43(27,2)45(32,48)37(54)21-44(33,3)46(25,57)36(53)9-5-6-17-59-42(56)31-23-51(28-11-12-28)38-30(40(31)55)20-34(47)39(41(38)58-4)50-22-26-8-7-16-49-35(26)24-50/h9,14-15,19-20,23,25-26,28,32-33,35,37,49,54,57H,5-8,10-13,16-18,21-22,24H2,1-4H3/t25-,26-,32+,33+,35+,37+,43+,44+,45+,46+/m1/s1. The van der Waals surface area contributed by atoms with Gasteiger partial charge in [0.2, 0.25) is 5.43 Å². The molecular formula is C46H56F2N3O8. The Morgan fingerprint density at radius 1 is 1.12 bits per heavy atom. The number of aliphatic hydroxyl groups is 2. The van der Waals surface area contributed by atoms with Gasteiger partial charge in [-0.25, -0.2) is 13.6 Å². The number of aromatic nitrogens is 1. The van der Waals surface area contributed by atoms with Crippen molar-refractivity contribution < 1.29 is 42.9 Å². The molecule has 0 unspecified atom stereocenters. The largest absolute Gasteiger partial charge is 0.492 e. The SMILES string of the molecule is COc1c(N2C[C@H]3CCCN[C@H]3C2)c(F)cc2c(=O)c(C(=O)OCCC[CH]C(=O)[C@@]3(O)[C@H](C)C[C@H]4[C@@H]5CCC6=CC(=O)C=C[C@]6(C)[C@@]5(F)[C@@H](O)C[C@@]43C)cn(C3CC3)c12. The number of allylic oxidation sites excluding steroid dienone is 4. The summed E-state index contributed by atoms with van der Waals surface area (Å²) in [6.45, 7) is 7.46. The summed E-state index contributed by atoms with van der Waals surface area (Å²) in [4.78, 5) is 55.6. The molecule has 10 atom stereocenters. The molecule has 7 aliphatic rings. The molecule has 2 aromatic rings. The third-order valence-corrected chi connectivity index (χ3v) is 16.0. The number of carbonyl (C=O) groups is 3. The molecule has 9 rings (SSSR count). The highest BCUT2D eigenvalue weighted by molar-refractivity contribution is 6.01. The number of rotatable bonds is 10. The number of methoxy groups -OCH3 is 1. The van der Waals surface area contributed by atoms with Gasteiger partial charge in [-0.1, -0.05) is 25.5 Å². The van der Waals surface area contributed by atoms with Crippen LogP contribution in [0.25, 0.3) is 10.9 Å². The van der Waals surface area contributed by atoms with E-state index in [1.54, 1.807) is 26.8 Å². The number of nitrogens with one attached hydrogen (secondary N) is 1. The quantitative estimate of drug-likeness (QED) is 0.201. The van der Waals surface area contributed by atoms with Gasteiger partial charge >= 0.3 is 5.97 Å². The van der Waals surface area contributed by atoms with Crippen molar-refractivity contribution in [2.24, 2.45) is 34.5 Å². The molecule has 0 spiro atoms. The van der Waals surface area contributed by atoms with E-state index in [-0.39, 0.29) is 66.4 Å². The number of piperidine rings is 1. The van der Waals surface area contributed by atoms with Crippen LogP contribution in [0.2, 0.25) is 0 Å². The maximum Gasteiger partial charge on any atom is 0.343 e. The van der Waals surface area contributed by atoms with Crippen LogP contribution < -0.4 is 20.4 Å². The fourth-order valence-corrected chi connectivity index (χ4v) is 12.7. The number of benzene rings is 1. The Morgan fingerprint density at radius 2 is 1.90 bits per heavy atom. The van der Waals surface area contributed by atoms with Gasteiger partial charge in [0, 0.05) is 54.5 Å². The molecule has 1 aromatic carbocycles. The van der Waals surface area contributed by atoms with Crippen molar-refractivity contribution in [2.45, 2.75) is 114 Å². The Morgan fingerprint density at radius 3 is 2.63 bits per heavy atom. The van der Waals surface area contributed by atoms with Gasteiger partial charge in [-0.15, -0.1) is 0 Å². The van der Waals surface area contributed by atoms with E-state index in [4.69, 9.17) is 9.47 Å². The Balaban J connectivity index is 0.879. The molecule has 3 N–H and O–H groups in total. The van der Waals surface area contributed by atoms with E-state index in [1.807, 2.05) is 9.47 Å². The van der Waals surface area contributed by atoms with Crippen LogP contribution in [0.15, 0.2) is 40.9 Å².